The molecule has 0 radical (unpaired) electrons. The van der Waals surface area contributed by atoms with Crippen LogP contribution in [0.15, 0.2) is 12.1 Å². The summed E-state index contributed by atoms with van der Waals surface area (Å²) in [7, 11) is 1.49. The van der Waals surface area contributed by atoms with Gasteiger partial charge >= 0.3 is 6.09 Å². The third kappa shape index (κ3) is 4.76. The lowest BCUT2D eigenvalue weighted by molar-refractivity contribution is 0.0635. The topological polar surface area (TPSA) is 79.8 Å². The van der Waals surface area contributed by atoms with E-state index in [4.69, 9.17) is 9.47 Å². The Kier molecular flexibility index (Phi) is 5.36. The number of anilines is 1. The number of nitrogens with one attached hydrogen (secondary N) is 2. The molecule has 6 heteroatoms. The second-order valence-corrected chi connectivity index (χ2v) is 6.75. The third-order valence-electron chi connectivity index (χ3n) is 3.67. The summed E-state index contributed by atoms with van der Waals surface area (Å²) < 4.78 is 10.5. The highest BCUT2D eigenvalue weighted by Gasteiger charge is 2.22. The number of carbonyl (C=O) groups is 1. The fraction of sp³-hybridized carbons (Fsp3) is 0.588. The van der Waals surface area contributed by atoms with E-state index < -0.39 is 11.7 Å². The molecular weight excluding hydrogens is 296 g/mol. The largest absolute Gasteiger partial charge is 0.503 e. The fourth-order valence-electron chi connectivity index (χ4n) is 2.63. The van der Waals surface area contributed by atoms with Gasteiger partial charge in [0.15, 0.2) is 11.5 Å². The summed E-state index contributed by atoms with van der Waals surface area (Å²) in [4.78, 5) is 12.0. The van der Waals surface area contributed by atoms with Crippen molar-refractivity contribution in [2.24, 2.45) is 0 Å². The van der Waals surface area contributed by atoms with E-state index in [2.05, 4.69) is 10.6 Å². The molecule has 2 rings (SSSR count). The molecule has 0 spiro atoms. The lowest BCUT2D eigenvalue weighted by Gasteiger charge is -2.25. The number of phenols is 1. The molecule has 3 N–H and O–H groups in total. The van der Waals surface area contributed by atoms with Crippen molar-refractivity contribution in [3.05, 3.63) is 17.7 Å². The summed E-state index contributed by atoms with van der Waals surface area (Å²) in [5.74, 6) is 0.235. The van der Waals surface area contributed by atoms with E-state index >= 15 is 0 Å². The number of hydrogen-bond acceptors (Lipinski definition) is 5. The van der Waals surface area contributed by atoms with Gasteiger partial charge in [-0.05, 0) is 57.9 Å². The van der Waals surface area contributed by atoms with Crippen LogP contribution in [0.25, 0.3) is 0 Å². The van der Waals surface area contributed by atoms with Crippen molar-refractivity contribution in [2.45, 2.75) is 51.7 Å². The van der Waals surface area contributed by atoms with Crippen molar-refractivity contribution in [2.75, 3.05) is 19.0 Å². The van der Waals surface area contributed by atoms with Crippen LogP contribution in [-0.2, 0) is 4.74 Å². The zero-order chi connectivity index (χ0) is 17.0. The van der Waals surface area contributed by atoms with Crippen LogP contribution in [0.2, 0.25) is 0 Å². The number of hydrogen-bond donors (Lipinski definition) is 3. The maximum Gasteiger partial charge on any atom is 0.412 e. The van der Waals surface area contributed by atoms with Crippen molar-refractivity contribution >= 4 is 11.8 Å². The van der Waals surface area contributed by atoms with Crippen molar-refractivity contribution in [3.63, 3.8) is 0 Å². The molecule has 0 bridgehead atoms. The molecule has 0 saturated carbocycles. The van der Waals surface area contributed by atoms with Crippen LogP contribution in [0.5, 0.6) is 11.5 Å². The van der Waals surface area contributed by atoms with E-state index in [1.54, 1.807) is 32.9 Å². The van der Waals surface area contributed by atoms with E-state index in [9.17, 15) is 9.90 Å². The molecule has 128 valence electrons. The Morgan fingerprint density at radius 3 is 2.65 bits per heavy atom. The van der Waals surface area contributed by atoms with Gasteiger partial charge < -0.3 is 19.9 Å². The zero-order valence-electron chi connectivity index (χ0n) is 14.2. The maximum absolute atomic E-state index is 12.0. The van der Waals surface area contributed by atoms with Crippen LogP contribution < -0.4 is 15.4 Å². The van der Waals surface area contributed by atoms with Crippen LogP contribution in [-0.4, -0.2) is 30.5 Å². The third-order valence-corrected chi connectivity index (χ3v) is 3.67. The smallest absolute Gasteiger partial charge is 0.412 e. The minimum Gasteiger partial charge on any atom is -0.503 e. The average Bonchev–Trinajstić information content (AvgIpc) is 2.48. The van der Waals surface area contributed by atoms with Crippen LogP contribution in [0.1, 0.15) is 51.6 Å². The normalized spacial score (nSPS) is 18.3. The van der Waals surface area contributed by atoms with Crippen LogP contribution >= 0.6 is 0 Å². The second-order valence-electron chi connectivity index (χ2n) is 6.75. The van der Waals surface area contributed by atoms with E-state index in [0.717, 1.165) is 31.4 Å². The summed E-state index contributed by atoms with van der Waals surface area (Å²) in [6.45, 7) is 6.32. The standard InChI is InChI=1S/C17H26N2O4/c1-17(2,3)23-16(21)19-13-9-11(10-14(22-4)15(13)20)12-7-5-6-8-18-12/h9-10,12,18,20H,5-8H2,1-4H3,(H,19,21). The number of amides is 1. The molecule has 1 fully saturated rings. The lowest BCUT2D eigenvalue weighted by atomic mass is 9.96. The van der Waals surface area contributed by atoms with Gasteiger partial charge in [0.05, 0.1) is 12.8 Å². The number of piperidine rings is 1. The van der Waals surface area contributed by atoms with Crippen LogP contribution in [0.3, 0.4) is 0 Å². The summed E-state index contributed by atoms with van der Waals surface area (Å²) in [6.07, 6.45) is 2.72. The summed E-state index contributed by atoms with van der Waals surface area (Å²) in [6, 6.07) is 3.76. The fourth-order valence-corrected chi connectivity index (χ4v) is 2.63. The number of aromatic hydroxyl groups is 1. The number of ether oxygens (including phenoxy) is 2. The van der Waals surface area contributed by atoms with Crippen molar-refractivity contribution in [1.29, 1.82) is 0 Å². The SMILES string of the molecule is COc1cc(C2CCCCN2)cc(NC(=O)OC(C)(C)C)c1O. The number of methoxy groups -OCH3 is 1. The zero-order valence-corrected chi connectivity index (χ0v) is 14.2. The molecule has 1 unspecified atom stereocenters. The Balaban J connectivity index is 2.24. The molecule has 1 aromatic rings. The molecule has 1 aliphatic rings. The van der Waals surface area contributed by atoms with Gasteiger partial charge in [-0.2, -0.15) is 0 Å². The van der Waals surface area contributed by atoms with Gasteiger partial charge in [0.2, 0.25) is 0 Å². The van der Waals surface area contributed by atoms with Crippen LogP contribution in [0, 0.1) is 0 Å². The van der Waals surface area contributed by atoms with E-state index in [0.29, 0.717) is 11.4 Å². The highest BCUT2D eigenvalue weighted by atomic mass is 16.6. The highest BCUT2D eigenvalue weighted by molar-refractivity contribution is 5.88. The minimum absolute atomic E-state index is 0.0991. The summed E-state index contributed by atoms with van der Waals surface area (Å²) >= 11 is 0. The Morgan fingerprint density at radius 1 is 1.35 bits per heavy atom. The molecule has 1 heterocycles. The highest BCUT2D eigenvalue weighted by Crippen LogP contribution is 2.38. The summed E-state index contributed by atoms with van der Waals surface area (Å²) in [5.41, 5.74) is 0.665. The van der Waals surface area contributed by atoms with Gasteiger partial charge in [-0.25, -0.2) is 4.79 Å². The van der Waals surface area contributed by atoms with Crippen molar-refractivity contribution < 1.29 is 19.4 Å². The predicted octanol–water partition coefficient (Wildman–Crippen LogP) is 3.56. The Hall–Kier alpha value is -1.95. The molecule has 1 aliphatic heterocycles. The number of benzene rings is 1. The van der Waals surface area contributed by atoms with Gasteiger partial charge in [0.1, 0.15) is 5.60 Å². The molecule has 0 aromatic heterocycles. The molecule has 0 aliphatic carbocycles. The first-order valence-electron chi connectivity index (χ1n) is 7.94. The van der Waals surface area contributed by atoms with Crippen molar-refractivity contribution in [1.82, 2.24) is 5.32 Å². The monoisotopic (exact) mass is 322 g/mol. The van der Waals surface area contributed by atoms with Crippen LogP contribution in [0.4, 0.5) is 10.5 Å². The second kappa shape index (κ2) is 7.08. The van der Waals surface area contributed by atoms with E-state index in [1.807, 2.05) is 0 Å². The van der Waals surface area contributed by atoms with Gasteiger partial charge in [-0.1, -0.05) is 6.42 Å². The first kappa shape index (κ1) is 17.4. The Morgan fingerprint density at radius 2 is 2.09 bits per heavy atom. The number of rotatable bonds is 3. The van der Waals surface area contributed by atoms with Gasteiger partial charge in [0.25, 0.3) is 0 Å². The molecular formula is C17H26N2O4. The summed E-state index contributed by atoms with van der Waals surface area (Å²) in [5, 5.41) is 16.3. The van der Waals surface area contributed by atoms with Gasteiger partial charge in [-0.3, -0.25) is 5.32 Å². The first-order chi connectivity index (χ1) is 10.8. The molecule has 6 nitrogen and oxygen atoms in total. The van der Waals surface area contributed by atoms with E-state index in [1.165, 1.54) is 7.11 Å². The maximum atomic E-state index is 12.0. The van der Waals surface area contributed by atoms with Gasteiger partial charge in [0, 0.05) is 6.04 Å². The predicted molar refractivity (Wildman–Crippen MR) is 89.1 cm³/mol. The molecule has 1 amide bonds. The number of phenolic OH excluding ortho intramolecular Hbond substituents is 1. The Labute approximate surface area is 137 Å². The first-order valence-corrected chi connectivity index (χ1v) is 7.94. The van der Waals surface area contributed by atoms with Crippen molar-refractivity contribution in [3.8, 4) is 11.5 Å². The quantitative estimate of drug-likeness (QED) is 0.741. The molecule has 1 aromatic carbocycles. The lowest BCUT2D eigenvalue weighted by Crippen LogP contribution is -2.28. The average molecular weight is 322 g/mol. The van der Waals surface area contributed by atoms with Gasteiger partial charge in [-0.15, -0.1) is 0 Å². The number of carbonyl (C=O) groups excluding carboxylic acids is 1. The Bertz CT molecular complexity index is 560. The molecule has 1 atom stereocenters. The van der Waals surface area contributed by atoms with E-state index in [-0.39, 0.29) is 11.8 Å². The molecule has 1 saturated heterocycles. The minimum atomic E-state index is -0.608. The molecule has 23 heavy (non-hydrogen) atoms.